The summed E-state index contributed by atoms with van der Waals surface area (Å²) in [5, 5.41) is 14.0. The van der Waals surface area contributed by atoms with Crippen LogP contribution in [0, 0.1) is 0 Å². The summed E-state index contributed by atoms with van der Waals surface area (Å²) in [6.45, 7) is 4.84. The number of aliphatic hydroxyl groups is 1. The van der Waals surface area contributed by atoms with Crippen molar-refractivity contribution in [2.24, 2.45) is 0 Å². The largest absolute Gasteiger partial charge is 0.472 e. The van der Waals surface area contributed by atoms with E-state index in [-0.39, 0.29) is 19.1 Å². The summed E-state index contributed by atoms with van der Waals surface area (Å²) in [7, 11) is 1.56. The lowest BCUT2D eigenvalue weighted by Gasteiger charge is -2.25. The third-order valence-electron chi connectivity index (χ3n) is 15.8. The second kappa shape index (κ2) is 60.3. The van der Waals surface area contributed by atoms with Gasteiger partial charge < -0.3 is 19.8 Å². The Kier molecular flexibility index (Phi) is 59.3. The van der Waals surface area contributed by atoms with Gasteiger partial charge in [0.15, 0.2) is 0 Å². The normalized spacial score (nSPS) is 13.9. The SMILES string of the molecule is CCCCCCCCCCCC/C=C/CC/C=C/CC/C=C/C(O)C(COP(=O)(O)OCC[N+](C)(C)C)NC(=O)CCCCCCCCCCCCCCCCCCCCCCCCCCCCCCCCCCCCCC. The van der Waals surface area contributed by atoms with E-state index in [9.17, 15) is 19.4 Å². The second-order valence-electron chi connectivity index (χ2n) is 24.9. The summed E-state index contributed by atoms with van der Waals surface area (Å²) in [5.41, 5.74) is 0. The van der Waals surface area contributed by atoms with E-state index in [0.29, 0.717) is 17.4 Å². The highest BCUT2D eigenvalue weighted by atomic mass is 31.2. The fourth-order valence-corrected chi connectivity index (χ4v) is 11.2. The molecule has 0 spiro atoms. The summed E-state index contributed by atoms with van der Waals surface area (Å²) >= 11 is 0. The first kappa shape index (κ1) is 76.7. The van der Waals surface area contributed by atoms with E-state index < -0.39 is 20.0 Å². The van der Waals surface area contributed by atoms with Crippen molar-refractivity contribution in [1.29, 1.82) is 0 Å². The van der Waals surface area contributed by atoms with Crippen LogP contribution >= 0.6 is 7.82 Å². The van der Waals surface area contributed by atoms with E-state index in [0.717, 1.165) is 44.9 Å². The highest BCUT2D eigenvalue weighted by molar-refractivity contribution is 7.47. The molecule has 0 aliphatic heterocycles. The maximum Gasteiger partial charge on any atom is 0.472 e. The number of carbonyl (C=O) groups excluding carboxylic acids is 1. The third kappa shape index (κ3) is 62.3. The van der Waals surface area contributed by atoms with E-state index in [1.54, 1.807) is 6.08 Å². The van der Waals surface area contributed by atoms with Crippen molar-refractivity contribution in [3.8, 4) is 0 Å². The van der Waals surface area contributed by atoms with Crippen LogP contribution in [0.25, 0.3) is 0 Å². The summed E-state index contributed by atoms with van der Waals surface area (Å²) in [4.78, 5) is 23.4. The molecule has 0 heterocycles. The summed E-state index contributed by atoms with van der Waals surface area (Å²) in [5.74, 6) is -0.184. The van der Waals surface area contributed by atoms with Crippen molar-refractivity contribution in [3.05, 3.63) is 36.5 Å². The lowest BCUT2D eigenvalue weighted by molar-refractivity contribution is -0.870. The standard InChI is InChI=1S/C69H135N2O6P/c1-6-8-10-12-14-16-18-20-22-24-26-28-29-30-31-32-33-34-35-36-37-38-39-40-41-42-43-45-47-49-51-53-55-57-59-61-63-69(73)70-67(66-77-78(74,75)76-65-64-71(3,4)5)68(72)62-60-58-56-54-52-50-48-46-44-27-25-23-21-19-17-15-13-11-9-7-2/h44,46,52,54,60,62,67-68,72H,6-43,45,47-51,53,55-59,61,63-66H2,1-5H3,(H-,70,73,74,75)/p+1/b46-44+,54-52+,62-60+. The molecule has 3 N–H and O–H groups in total. The Hall–Kier alpha value is -1.28. The number of hydrogen-bond acceptors (Lipinski definition) is 5. The first-order valence-corrected chi connectivity index (χ1v) is 35.9. The zero-order valence-electron chi connectivity index (χ0n) is 52.9. The van der Waals surface area contributed by atoms with Gasteiger partial charge in [-0.25, -0.2) is 4.57 Å². The predicted molar refractivity (Wildman–Crippen MR) is 341 cm³/mol. The van der Waals surface area contributed by atoms with Gasteiger partial charge in [0, 0.05) is 6.42 Å². The monoisotopic (exact) mass is 1120 g/mol. The molecule has 3 unspecified atom stereocenters. The molecule has 0 aromatic rings. The number of rotatable bonds is 64. The van der Waals surface area contributed by atoms with Gasteiger partial charge in [-0.2, -0.15) is 0 Å². The Morgan fingerprint density at radius 3 is 1.03 bits per heavy atom. The van der Waals surface area contributed by atoms with Crippen LogP contribution in [-0.4, -0.2) is 73.4 Å². The molecule has 462 valence electrons. The van der Waals surface area contributed by atoms with Crippen LogP contribution in [0.3, 0.4) is 0 Å². The first-order valence-electron chi connectivity index (χ1n) is 34.4. The molecule has 3 atom stereocenters. The van der Waals surface area contributed by atoms with Gasteiger partial charge in [-0.3, -0.25) is 13.8 Å². The van der Waals surface area contributed by atoms with E-state index in [1.807, 2.05) is 27.2 Å². The van der Waals surface area contributed by atoms with Crippen molar-refractivity contribution in [2.45, 2.75) is 360 Å². The molecule has 0 aliphatic rings. The lowest BCUT2D eigenvalue weighted by Crippen LogP contribution is -2.45. The number of allylic oxidation sites excluding steroid dienone is 5. The van der Waals surface area contributed by atoms with Gasteiger partial charge in [-0.1, -0.05) is 333 Å². The smallest absolute Gasteiger partial charge is 0.387 e. The average Bonchev–Trinajstić information content (AvgIpc) is 3.41. The number of aliphatic hydroxyl groups excluding tert-OH is 1. The number of amides is 1. The molecule has 0 saturated carbocycles. The van der Waals surface area contributed by atoms with Crippen LogP contribution in [-0.2, 0) is 18.4 Å². The fraction of sp³-hybridized carbons (Fsp3) is 0.899. The molecule has 0 rings (SSSR count). The van der Waals surface area contributed by atoms with Crippen molar-refractivity contribution >= 4 is 13.7 Å². The molecule has 0 saturated heterocycles. The highest BCUT2D eigenvalue weighted by Gasteiger charge is 2.28. The van der Waals surface area contributed by atoms with E-state index >= 15 is 0 Å². The van der Waals surface area contributed by atoms with E-state index in [1.165, 1.54) is 283 Å². The van der Waals surface area contributed by atoms with Gasteiger partial charge in [0.25, 0.3) is 0 Å². The number of unbranched alkanes of at least 4 members (excludes halogenated alkanes) is 47. The average molecular weight is 1120 g/mol. The van der Waals surface area contributed by atoms with Crippen LogP contribution in [0.1, 0.15) is 348 Å². The van der Waals surface area contributed by atoms with Crippen molar-refractivity contribution in [2.75, 3.05) is 40.9 Å². The van der Waals surface area contributed by atoms with Crippen LogP contribution in [0.2, 0.25) is 0 Å². The Balaban J connectivity index is 4.00. The molecule has 0 aliphatic carbocycles. The molecule has 0 radical (unpaired) electrons. The summed E-state index contributed by atoms with van der Waals surface area (Å²) in [6.07, 6.45) is 80.2. The molecular weight excluding hydrogens is 984 g/mol. The van der Waals surface area contributed by atoms with Crippen LogP contribution < -0.4 is 5.32 Å². The molecule has 0 aromatic carbocycles. The van der Waals surface area contributed by atoms with Gasteiger partial charge in [0.1, 0.15) is 13.2 Å². The zero-order chi connectivity index (χ0) is 57.0. The number of nitrogens with one attached hydrogen (secondary N) is 1. The summed E-state index contributed by atoms with van der Waals surface area (Å²) < 4.78 is 23.8. The minimum atomic E-state index is -4.36. The van der Waals surface area contributed by atoms with Gasteiger partial charge in [-0.15, -0.1) is 0 Å². The van der Waals surface area contributed by atoms with Gasteiger partial charge in [0.2, 0.25) is 5.91 Å². The number of phosphoric acid groups is 1. The third-order valence-corrected chi connectivity index (χ3v) is 16.8. The summed E-state index contributed by atoms with van der Waals surface area (Å²) in [6, 6.07) is -0.869. The van der Waals surface area contributed by atoms with Gasteiger partial charge >= 0.3 is 7.82 Å². The Morgan fingerprint density at radius 2 is 0.705 bits per heavy atom. The predicted octanol–water partition coefficient (Wildman–Crippen LogP) is 21.7. The Bertz CT molecular complexity index is 1360. The minimum Gasteiger partial charge on any atom is -0.387 e. The van der Waals surface area contributed by atoms with Crippen LogP contribution in [0.4, 0.5) is 0 Å². The quantitative estimate of drug-likeness (QED) is 0.0243. The number of likely N-dealkylation sites (N-methyl/N-ethyl adjacent to an activating group) is 1. The zero-order valence-corrected chi connectivity index (χ0v) is 53.8. The topological polar surface area (TPSA) is 105 Å². The first-order chi connectivity index (χ1) is 38.0. The van der Waals surface area contributed by atoms with Crippen LogP contribution in [0.5, 0.6) is 0 Å². The maximum absolute atomic E-state index is 13.0. The minimum absolute atomic E-state index is 0.0553. The molecule has 78 heavy (non-hydrogen) atoms. The number of hydrogen-bond donors (Lipinski definition) is 3. The maximum atomic E-state index is 13.0. The van der Waals surface area contributed by atoms with Gasteiger partial charge in [0.05, 0.1) is 39.9 Å². The number of quaternary nitrogens is 1. The molecule has 0 aromatic heterocycles. The van der Waals surface area contributed by atoms with E-state index in [2.05, 4.69) is 43.5 Å². The van der Waals surface area contributed by atoms with Crippen molar-refractivity contribution in [1.82, 2.24) is 5.32 Å². The number of nitrogens with zero attached hydrogens (tertiary/aromatic N) is 1. The Labute approximate surface area is 487 Å². The number of carbonyl (C=O) groups is 1. The van der Waals surface area contributed by atoms with Crippen molar-refractivity contribution in [3.63, 3.8) is 0 Å². The molecular formula is C69H136N2O6P+. The molecule has 0 fully saturated rings. The number of phosphoric ester groups is 1. The molecule has 0 bridgehead atoms. The fourth-order valence-electron chi connectivity index (χ4n) is 10.5. The molecule has 8 nitrogen and oxygen atoms in total. The second-order valence-corrected chi connectivity index (χ2v) is 26.4. The molecule has 1 amide bonds. The van der Waals surface area contributed by atoms with Crippen LogP contribution in [0.15, 0.2) is 36.5 Å². The Morgan fingerprint density at radius 1 is 0.423 bits per heavy atom. The lowest BCUT2D eigenvalue weighted by atomic mass is 10.0. The van der Waals surface area contributed by atoms with E-state index in [4.69, 9.17) is 9.05 Å². The molecule has 9 heteroatoms. The highest BCUT2D eigenvalue weighted by Crippen LogP contribution is 2.43. The van der Waals surface area contributed by atoms with Gasteiger partial charge in [-0.05, 0) is 44.9 Å². The van der Waals surface area contributed by atoms with Crippen molar-refractivity contribution < 1.29 is 32.9 Å².